The van der Waals surface area contributed by atoms with Crippen LogP contribution in [0.3, 0.4) is 0 Å². The summed E-state index contributed by atoms with van der Waals surface area (Å²) in [7, 11) is 0. The first-order valence-corrected chi connectivity index (χ1v) is 8.46. The molecule has 0 aromatic heterocycles. The predicted octanol–water partition coefficient (Wildman–Crippen LogP) is 3.42. The fourth-order valence-electron chi connectivity index (χ4n) is 3.15. The second kappa shape index (κ2) is 6.92. The number of nitrogens with one attached hydrogen (secondary N) is 1. The van der Waals surface area contributed by atoms with Crippen LogP contribution in [0.15, 0.2) is 90.6 Å². The molecule has 3 aromatic carbocycles. The molecule has 5 nitrogen and oxygen atoms in total. The van der Waals surface area contributed by atoms with Crippen LogP contribution in [0.25, 0.3) is 5.70 Å². The van der Waals surface area contributed by atoms with E-state index in [1.54, 1.807) is 6.07 Å². The number of rotatable bonds is 4. The van der Waals surface area contributed by atoms with Gasteiger partial charge in [-0.3, -0.25) is 5.43 Å². The molecule has 0 spiro atoms. The highest BCUT2D eigenvalue weighted by molar-refractivity contribution is 5.74. The fourth-order valence-corrected chi connectivity index (χ4v) is 3.15. The van der Waals surface area contributed by atoms with E-state index in [0.717, 1.165) is 28.2 Å². The monoisotopic (exact) mass is 344 g/mol. The van der Waals surface area contributed by atoms with Gasteiger partial charge in [-0.2, -0.15) is 0 Å². The maximum Gasteiger partial charge on any atom is 0.119 e. The van der Waals surface area contributed by atoms with Crippen molar-refractivity contribution in [2.75, 3.05) is 5.01 Å². The van der Waals surface area contributed by atoms with Gasteiger partial charge >= 0.3 is 0 Å². The number of hydrogen-bond acceptors (Lipinski definition) is 5. The van der Waals surface area contributed by atoms with Crippen LogP contribution in [-0.2, 0) is 6.42 Å². The van der Waals surface area contributed by atoms with Gasteiger partial charge in [0.05, 0.1) is 17.1 Å². The van der Waals surface area contributed by atoms with Gasteiger partial charge < -0.3 is 5.11 Å². The number of nitrogens with two attached hydrogens (primary N) is 1. The average Bonchev–Trinajstić information content (AvgIpc) is 3.01. The van der Waals surface area contributed by atoms with E-state index in [2.05, 4.69) is 5.43 Å². The van der Waals surface area contributed by atoms with Crippen molar-refractivity contribution < 1.29 is 5.11 Å². The summed E-state index contributed by atoms with van der Waals surface area (Å²) in [5.41, 5.74) is 7.94. The normalized spacial score (nSPS) is 14.6. The first-order valence-electron chi connectivity index (χ1n) is 8.46. The molecular formula is C21H20N4O. The Labute approximate surface area is 152 Å². The second-order valence-electron chi connectivity index (χ2n) is 6.10. The molecule has 3 aromatic rings. The third-order valence-corrected chi connectivity index (χ3v) is 4.40. The molecule has 0 amide bonds. The predicted molar refractivity (Wildman–Crippen MR) is 103 cm³/mol. The maximum absolute atomic E-state index is 10.2. The molecule has 0 saturated heterocycles. The van der Waals surface area contributed by atoms with Gasteiger partial charge in [-0.05, 0) is 23.8 Å². The summed E-state index contributed by atoms with van der Waals surface area (Å²) in [6, 6.07) is 27.3. The Bertz CT molecular complexity index is 925. The minimum atomic E-state index is 0.274. The molecule has 26 heavy (non-hydrogen) atoms. The first-order chi connectivity index (χ1) is 12.7. The van der Waals surface area contributed by atoms with Crippen molar-refractivity contribution >= 4 is 11.4 Å². The van der Waals surface area contributed by atoms with Crippen molar-refractivity contribution in [1.29, 1.82) is 0 Å². The summed E-state index contributed by atoms with van der Waals surface area (Å²) in [5, 5.41) is 13.6. The molecule has 130 valence electrons. The van der Waals surface area contributed by atoms with Crippen LogP contribution < -0.4 is 16.3 Å². The van der Waals surface area contributed by atoms with Crippen molar-refractivity contribution in [3.63, 3.8) is 0 Å². The van der Waals surface area contributed by atoms with E-state index < -0.39 is 0 Å². The minimum Gasteiger partial charge on any atom is -0.508 e. The van der Waals surface area contributed by atoms with Crippen LogP contribution in [0.2, 0.25) is 0 Å². The van der Waals surface area contributed by atoms with E-state index in [0.29, 0.717) is 6.42 Å². The number of benzene rings is 3. The van der Waals surface area contributed by atoms with E-state index >= 15 is 0 Å². The Morgan fingerprint density at radius 1 is 0.808 bits per heavy atom. The van der Waals surface area contributed by atoms with Gasteiger partial charge in [-0.15, -0.1) is 0 Å². The minimum absolute atomic E-state index is 0.274. The van der Waals surface area contributed by atoms with Gasteiger partial charge in [0.2, 0.25) is 0 Å². The SMILES string of the molecule is NN1NC(c2ccccc2)=C(Cc2ccccc2O)N1c1ccccc1. The number of allylic oxidation sites excluding steroid dienone is 1. The van der Waals surface area contributed by atoms with E-state index in [4.69, 9.17) is 5.84 Å². The second-order valence-corrected chi connectivity index (χ2v) is 6.10. The average molecular weight is 344 g/mol. The van der Waals surface area contributed by atoms with Crippen molar-refractivity contribution in [3.8, 4) is 5.75 Å². The quantitative estimate of drug-likeness (QED) is 0.633. The maximum atomic E-state index is 10.2. The molecule has 4 N–H and O–H groups in total. The number of aromatic hydroxyl groups is 1. The topological polar surface area (TPSA) is 64.8 Å². The summed E-state index contributed by atoms with van der Waals surface area (Å²) in [4.78, 5) is 0. The van der Waals surface area contributed by atoms with Crippen molar-refractivity contribution in [3.05, 3.63) is 102 Å². The molecule has 0 radical (unpaired) electrons. The summed E-state index contributed by atoms with van der Waals surface area (Å²) >= 11 is 0. The number of phenols is 1. The lowest BCUT2D eigenvalue weighted by Crippen LogP contribution is -2.49. The molecule has 0 saturated carbocycles. The van der Waals surface area contributed by atoms with E-state index in [1.165, 1.54) is 5.23 Å². The van der Waals surface area contributed by atoms with Gasteiger partial charge in [0.15, 0.2) is 0 Å². The lowest BCUT2D eigenvalue weighted by atomic mass is 10.0. The Hall–Kier alpha value is -3.28. The van der Waals surface area contributed by atoms with E-state index in [1.807, 2.05) is 83.9 Å². The molecule has 0 aliphatic carbocycles. The molecule has 0 atom stereocenters. The Morgan fingerprint density at radius 2 is 1.42 bits per heavy atom. The lowest BCUT2D eigenvalue weighted by molar-refractivity contribution is 0.249. The summed E-state index contributed by atoms with van der Waals surface area (Å²) in [6.07, 6.45) is 0.534. The zero-order valence-corrected chi connectivity index (χ0v) is 14.2. The third-order valence-electron chi connectivity index (χ3n) is 4.40. The molecule has 5 heteroatoms. The third kappa shape index (κ3) is 3.01. The van der Waals surface area contributed by atoms with Crippen molar-refractivity contribution in [1.82, 2.24) is 10.7 Å². The number of anilines is 1. The molecule has 1 aliphatic rings. The number of nitrogens with zero attached hydrogens (tertiary/aromatic N) is 2. The summed E-state index contributed by atoms with van der Waals surface area (Å²) in [6.45, 7) is 0. The van der Waals surface area contributed by atoms with Crippen LogP contribution in [0.4, 0.5) is 5.69 Å². The molecule has 1 heterocycles. The van der Waals surface area contributed by atoms with Crippen LogP contribution in [0.5, 0.6) is 5.75 Å². The molecule has 0 bridgehead atoms. The molecule has 1 aliphatic heterocycles. The highest BCUT2D eigenvalue weighted by Gasteiger charge is 2.30. The standard InChI is InChI=1S/C21H20N4O/c22-25-23-21(16-9-3-1-4-10-16)19(15-17-11-7-8-14-20(17)26)24(25)18-12-5-2-6-13-18/h1-14,23,26H,15,22H2. The number of para-hydroxylation sites is 2. The summed E-state index contributed by atoms with van der Waals surface area (Å²) < 4.78 is 0. The number of hydrazine groups is 3. The van der Waals surface area contributed by atoms with Crippen molar-refractivity contribution in [2.45, 2.75) is 6.42 Å². The van der Waals surface area contributed by atoms with Crippen LogP contribution >= 0.6 is 0 Å². The van der Waals surface area contributed by atoms with Gasteiger partial charge in [0.25, 0.3) is 0 Å². The molecule has 0 fully saturated rings. The van der Waals surface area contributed by atoms with Crippen molar-refractivity contribution in [2.24, 2.45) is 5.84 Å². The molecule has 4 rings (SSSR count). The molecular weight excluding hydrogens is 324 g/mol. The Morgan fingerprint density at radius 3 is 2.12 bits per heavy atom. The Balaban J connectivity index is 1.83. The number of hydrogen-bond donors (Lipinski definition) is 3. The van der Waals surface area contributed by atoms with Crippen LogP contribution in [-0.4, -0.2) is 10.3 Å². The smallest absolute Gasteiger partial charge is 0.119 e. The Kier molecular flexibility index (Phi) is 4.31. The first kappa shape index (κ1) is 16.2. The van der Waals surface area contributed by atoms with Gasteiger partial charge in [0, 0.05) is 12.0 Å². The largest absolute Gasteiger partial charge is 0.508 e. The van der Waals surface area contributed by atoms with Crippen LogP contribution in [0.1, 0.15) is 11.1 Å². The van der Waals surface area contributed by atoms with E-state index in [9.17, 15) is 5.11 Å². The van der Waals surface area contributed by atoms with Gasteiger partial charge in [0.1, 0.15) is 5.75 Å². The van der Waals surface area contributed by atoms with Gasteiger partial charge in [-0.1, -0.05) is 72.0 Å². The highest BCUT2D eigenvalue weighted by atomic mass is 16.3. The molecule has 0 unspecified atom stereocenters. The van der Waals surface area contributed by atoms with Crippen LogP contribution in [0, 0.1) is 0 Å². The summed E-state index contributed by atoms with van der Waals surface area (Å²) in [5.74, 6) is 6.54. The number of phenolic OH excluding ortho intramolecular Hbond substituents is 1. The van der Waals surface area contributed by atoms with E-state index in [-0.39, 0.29) is 5.75 Å². The lowest BCUT2D eigenvalue weighted by Gasteiger charge is -2.27. The zero-order chi connectivity index (χ0) is 17.9. The zero-order valence-electron chi connectivity index (χ0n) is 14.2. The van der Waals surface area contributed by atoms with Gasteiger partial charge in [-0.25, -0.2) is 10.9 Å². The fraction of sp³-hybridized carbons (Fsp3) is 0.0476. The highest BCUT2D eigenvalue weighted by Crippen LogP contribution is 2.33.